The first kappa shape index (κ1) is 22.1. The summed E-state index contributed by atoms with van der Waals surface area (Å²) in [5, 5.41) is 6.25. The van der Waals surface area contributed by atoms with Crippen LogP contribution in [0.5, 0.6) is 5.75 Å². The van der Waals surface area contributed by atoms with Crippen LogP contribution in [0.4, 0.5) is 5.69 Å². The molecule has 5 nitrogen and oxygen atoms in total. The summed E-state index contributed by atoms with van der Waals surface area (Å²) in [6.45, 7) is 2.48. The van der Waals surface area contributed by atoms with Crippen molar-refractivity contribution in [3.8, 4) is 5.75 Å². The lowest BCUT2D eigenvalue weighted by Gasteiger charge is -2.29. The molecule has 0 bridgehead atoms. The van der Waals surface area contributed by atoms with Crippen LogP contribution >= 0.6 is 15.9 Å². The van der Waals surface area contributed by atoms with Gasteiger partial charge in [0.05, 0.1) is 12.3 Å². The average molecular weight is 465 g/mol. The highest BCUT2D eigenvalue weighted by Crippen LogP contribution is 2.31. The van der Waals surface area contributed by atoms with Crippen LogP contribution in [0.1, 0.15) is 71.1 Å². The Hall–Kier alpha value is -1.56. The minimum absolute atomic E-state index is 0.0186. The maximum absolute atomic E-state index is 12.8. The van der Waals surface area contributed by atoms with Gasteiger partial charge in [-0.1, -0.05) is 35.2 Å². The highest BCUT2D eigenvalue weighted by Gasteiger charge is 2.28. The molecule has 0 atom stereocenters. The van der Waals surface area contributed by atoms with Crippen LogP contribution in [0.25, 0.3) is 0 Å². The Morgan fingerprint density at radius 2 is 1.79 bits per heavy atom. The first-order chi connectivity index (χ1) is 14.0. The summed E-state index contributed by atoms with van der Waals surface area (Å²) in [4.78, 5) is 25.1. The molecule has 0 saturated heterocycles. The zero-order valence-electron chi connectivity index (χ0n) is 17.3. The first-order valence-electron chi connectivity index (χ1n) is 11.1. The number of amides is 2. The Balaban J connectivity index is 1.44. The van der Waals surface area contributed by atoms with Gasteiger partial charge in [-0.2, -0.15) is 0 Å². The van der Waals surface area contributed by atoms with Crippen molar-refractivity contribution in [1.29, 1.82) is 0 Å². The monoisotopic (exact) mass is 464 g/mol. The number of benzene rings is 1. The summed E-state index contributed by atoms with van der Waals surface area (Å²) in [5.41, 5.74) is 0.703. The van der Waals surface area contributed by atoms with Gasteiger partial charge in [0.1, 0.15) is 5.75 Å². The van der Waals surface area contributed by atoms with Crippen LogP contribution < -0.4 is 15.4 Å². The summed E-state index contributed by atoms with van der Waals surface area (Å²) in [6, 6.07) is 5.85. The molecule has 0 heterocycles. The molecule has 2 aliphatic rings. The molecule has 160 valence electrons. The number of anilines is 1. The van der Waals surface area contributed by atoms with Crippen molar-refractivity contribution in [3.05, 3.63) is 22.7 Å². The minimum Gasteiger partial charge on any atom is -0.492 e. The summed E-state index contributed by atoms with van der Waals surface area (Å²) in [7, 11) is 0. The number of hydrogen-bond acceptors (Lipinski definition) is 3. The van der Waals surface area contributed by atoms with E-state index < -0.39 is 0 Å². The number of ether oxygens (including phenoxy) is 1. The van der Waals surface area contributed by atoms with E-state index in [2.05, 4.69) is 26.6 Å². The molecule has 0 unspecified atom stereocenters. The van der Waals surface area contributed by atoms with Crippen LogP contribution in [0.2, 0.25) is 0 Å². The fourth-order valence-electron chi connectivity index (χ4n) is 4.56. The molecule has 6 heteroatoms. The van der Waals surface area contributed by atoms with Crippen molar-refractivity contribution in [3.63, 3.8) is 0 Å². The lowest BCUT2D eigenvalue weighted by atomic mass is 9.84. The summed E-state index contributed by atoms with van der Waals surface area (Å²) >= 11 is 3.45. The molecule has 29 heavy (non-hydrogen) atoms. The molecular formula is C23H33BrN2O3. The van der Waals surface area contributed by atoms with Crippen LogP contribution in [-0.4, -0.2) is 24.5 Å². The zero-order chi connectivity index (χ0) is 20.6. The van der Waals surface area contributed by atoms with Gasteiger partial charge in [-0.15, -0.1) is 0 Å². The Labute approximate surface area is 182 Å². The van der Waals surface area contributed by atoms with E-state index in [0.29, 0.717) is 30.4 Å². The van der Waals surface area contributed by atoms with Crippen molar-refractivity contribution < 1.29 is 14.3 Å². The van der Waals surface area contributed by atoms with Crippen LogP contribution in [-0.2, 0) is 9.59 Å². The molecular weight excluding hydrogens is 432 g/mol. The summed E-state index contributed by atoms with van der Waals surface area (Å²) in [5.74, 6) is 1.47. The number of hydrogen-bond donors (Lipinski definition) is 2. The number of rotatable bonds is 7. The molecule has 2 N–H and O–H groups in total. The lowest BCUT2D eigenvalue weighted by molar-refractivity contribution is -0.123. The molecule has 0 aromatic heterocycles. The molecule has 0 radical (unpaired) electrons. The smallest absolute Gasteiger partial charge is 0.227 e. The fraction of sp³-hybridized carbons (Fsp3) is 0.652. The number of nitrogens with one attached hydrogen (secondary N) is 2. The molecule has 2 saturated carbocycles. The van der Waals surface area contributed by atoms with Gasteiger partial charge in [-0.25, -0.2) is 0 Å². The van der Waals surface area contributed by atoms with E-state index in [4.69, 9.17) is 4.74 Å². The minimum atomic E-state index is -0.0186. The van der Waals surface area contributed by atoms with E-state index in [1.54, 1.807) is 0 Å². The van der Waals surface area contributed by atoms with Gasteiger partial charge in [0.15, 0.2) is 0 Å². The Bertz CT molecular complexity index is 695. The lowest BCUT2D eigenvalue weighted by Crippen LogP contribution is -2.40. The van der Waals surface area contributed by atoms with Crippen LogP contribution in [0.3, 0.4) is 0 Å². The second kappa shape index (κ2) is 11.0. The predicted molar refractivity (Wildman–Crippen MR) is 119 cm³/mol. The SMILES string of the molecule is CCOc1ccc(Br)cc1NC(=O)C1CCC(NC(=O)CC2CCCCC2)CC1. The van der Waals surface area contributed by atoms with Crippen molar-refractivity contribution in [2.24, 2.45) is 11.8 Å². The van der Waals surface area contributed by atoms with Gasteiger partial charge in [-0.05, 0) is 69.6 Å². The van der Waals surface area contributed by atoms with Gasteiger partial charge in [0, 0.05) is 22.9 Å². The average Bonchev–Trinajstić information content (AvgIpc) is 2.71. The van der Waals surface area contributed by atoms with Gasteiger partial charge in [0.25, 0.3) is 0 Å². The van der Waals surface area contributed by atoms with Crippen LogP contribution in [0.15, 0.2) is 22.7 Å². The Morgan fingerprint density at radius 3 is 2.48 bits per heavy atom. The number of halogens is 1. The van der Waals surface area contributed by atoms with Gasteiger partial charge in [-0.3, -0.25) is 9.59 Å². The second-order valence-corrected chi connectivity index (χ2v) is 9.30. The highest BCUT2D eigenvalue weighted by atomic mass is 79.9. The maximum atomic E-state index is 12.8. The first-order valence-corrected chi connectivity index (χ1v) is 11.9. The molecule has 1 aromatic carbocycles. The highest BCUT2D eigenvalue weighted by molar-refractivity contribution is 9.10. The summed E-state index contributed by atoms with van der Waals surface area (Å²) < 4.78 is 6.52. The topological polar surface area (TPSA) is 67.4 Å². The van der Waals surface area contributed by atoms with Crippen molar-refractivity contribution in [2.75, 3.05) is 11.9 Å². The maximum Gasteiger partial charge on any atom is 0.227 e. The van der Waals surface area contributed by atoms with E-state index >= 15 is 0 Å². The van der Waals surface area contributed by atoms with E-state index in [-0.39, 0.29) is 23.8 Å². The number of carbonyl (C=O) groups excluding carboxylic acids is 2. The molecule has 2 aliphatic carbocycles. The normalized spacial score (nSPS) is 22.7. The molecule has 3 rings (SSSR count). The second-order valence-electron chi connectivity index (χ2n) is 8.39. The standard InChI is InChI=1S/C23H33BrN2O3/c1-2-29-21-13-10-18(24)15-20(21)26-23(28)17-8-11-19(12-9-17)25-22(27)14-16-6-4-3-5-7-16/h10,13,15-17,19H,2-9,11-12,14H2,1H3,(H,25,27)(H,26,28). The quantitative estimate of drug-likeness (QED) is 0.564. The van der Waals surface area contributed by atoms with E-state index in [1.807, 2.05) is 25.1 Å². The molecule has 2 fully saturated rings. The third-order valence-corrected chi connectivity index (χ3v) is 6.65. The van der Waals surface area contributed by atoms with Gasteiger partial charge >= 0.3 is 0 Å². The van der Waals surface area contributed by atoms with E-state index in [1.165, 1.54) is 32.1 Å². The van der Waals surface area contributed by atoms with Gasteiger partial charge < -0.3 is 15.4 Å². The number of carbonyl (C=O) groups is 2. The third-order valence-electron chi connectivity index (χ3n) is 6.16. The Kier molecular flexibility index (Phi) is 8.40. The van der Waals surface area contributed by atoms with Crippen LogP contribution in [0, 0.1) is 11.8 Å². The molecule has 2 amide bonds. The van der Waals surface area contributed by atoms with Crippen molar-refractivity contribution in [1.82, 2.24) is 5.32 Å². The van der Waals surface area contributed by atoms with Crippen molar-refractivity contribution >= 4 is 33.4 Å². The van der Waals surface area contributed by atoms with E-state index in [0.717, 1.165) is 30.2 Å². The summed E-state index contributed by atoms with van der Waals surface area (Å²) in [6.07, 6.45) is 10.2. The van der Waals surface area contributed by atoms with Crippen molar-refractivity contribution in [2.45, 2.75) is 77.2 Å². The Morgan fingerprint density at radius 1 is 1.07 bits per heavy atom. The molecule has 0 spiro atoms. The van der Waals surface area contributed by atoms with E-state index in [9.17, 15) is 9.59 Å². The molecule has 1 aromatic rings. The van der Waals surface area contributed by atoms with Gasteiger partial charge in [0.2, 0.25) is 11.8 Å². The predicted octanol–water partition coefficient (Wildman–Crippen LogP) is 5.43. The zero-order valence-corrected chi connectivity index (χ0v) is 18.9. The molecule has 0 aliphatic heterocycles. The fourth-order valence-corrected chi connectivity index (χ4v) is 4.92. The third kappa shape index (κ3) is 6.73. The largest absolute Gasteiger partial charge is 0.492 e.